The molecule has 40 heavy (non-hydrogen) atoms. The average Bonchev–Trinajstić information content (AvgIpc) is 3.62. The molecular formula is C31H24BrN5O2S. The standard InChI is InChI=1S/C31H24BrN5O2S/c32-22-13-14-26-24(16-22)25(18-37(26)19-27(38)36-33-17-23-12-7-15-40-23)30-31(39)35-29(21-10-5-2-6-11-21)28(34-30)20-8-3-1-4-9-20/h1-18,28-29H,19H2,(H,35,39)(H,36,38)/b33-17+/t28-,29-/m0/s1. The minimum absolute atomic E-state index is 0.0313. The van der Waals surface area contributed by atoms with Gasteiger partial charge in [0.05, 0.1) is 12.3 Å². The molecule has 3 aromatic carbocycles. The van der Waals surface area contributed by atoms with Gasteiger partial charge in [0.2, 0.25) is 0 Å². The molecule has 9 heteroatoms. The van der Waals surface area contributed by atoms with Gasteiger partial charge in [-0.25, -0.2) is 5.43 Å². The number of nitrogens with one attached hydrogen (secondary N) is 2. The molecule has 0 saturated carbocycles. The molecule has 1 aliphatic heterocycles. The normalized spacial score (nSPS) is 17.1. The summed E-state index contributed by atoms with van der Waals surface area (Å²) in [5.41, 5.74) is 6.39. The molecule has 5 aromatic rings. The van der Waals surface area contributed by atoms with E-state index in [0.29, 0.717) is 11.3 Å². The van der Waals surface area contributed by atoms with Crippen molar-refractivity contribution in [1.29, 1.82) is 0 Å². The highest BCUT2D eigenvalue weighted by molar-refractivity contribution is 9.10. The predicted molar refractivity (Wildman–Crippen MR) is 163 cm³/mol. The summed E-state index contributed by atoms with van der Waals surface area (Å²) in [4.78, 5) is 32.4. The first-order chi connectivity index (χ1) is 19.6. The van der Waals surface area contributed by atoms with E-state index in [-0.39, 0.29) is 30.4 Å². The number of benzene rings is 3. The monoisotopic (exact) mass is 609 g/mol. The summed E-state index contributed by atoms with van der Waals surface area (Å²) in [7, 11) is 0. The third-order valence-corrected chi connectivity index (χ3v) is 8.02. The van der Waals surface area contributed by atoms with E-state index in [1.165, 1.54) is 11.3 Å². The van der Waals surface area contributed by atoms with Crippen LogP contribution in [0, 0.1) is 0 Å². The van der Waals surface area contributed by atoms with Crippen molar-refractivity contribution in [2.45, 2.75) is 18.6 Å². The summed E-state index contributed by atoms with van der Waals surface area (Å²) in [5, 5.41) is 10.1. The molecule has 3 heterocycles. The van der Waals surface area contributed by atoms with Crippen molar-refractivity contribution in [1.82, 2.24) is 15.3 Å². The molecule has 6 rings (SSSR count). The van der Waals surface area contributed by atoms with Gasteiger partial charge in [-0.15, -0.1) is 11.3 Å². The number of amides is 2. The second-order valence-corrected chi connectivity index (χ2v) is 11.2. The van der Waals surface area contributed by atoms with Crippen LogP contribution in [0.15, 0.2) is 117 Å². The van der Waals surface area contributed by atoms with E-state index in [2.05, 4.69) is 31.8 Å². The van der Waals surface area contributed by atoms with Gasteiger partial charge in [0.15, 0.2) is 0 Å². The van der Waals surface area contributed by atoms with Gasteiger partial charge in [0, 0.05) is 32.0 Å². The van der Waals surface area contributed by atoms with E-state index in [4.69, 9.17) is 4.99 Å². The molecule has 0 fully saturated rings. The fraction of sp³-hybridized carbons (Fsp3) is 0.0968. The molecule has 0 bridgehead atoms. The van der Waals surface area contributed by atoms with Crippen LogP contribution in [-0.4, -0.2) is 28.3 Å². The van der Waals surface area contributed by atoms with Crippen LogP contribution < -0.4 is 10.7 Å². The number of hydrogen-bond acceptors (Lipinski definition) is 5. The molecule has 198 valence electrons. The Balaban J connectivity index is 1.38. The number of nitrogens with zero attached hydrogens (tertiary/aromatic N) is 3. The SMILES string of the molecule is O=C(Cn1cc(C2=N[C@@H](c3ccccc3)[C@H](c3ccccc3)NC2=O)c2cc(Br)ccc21)N/N=C/c1cccs1. The lowest BCUT2D eigenvalue weighted by atomic mass is 9.91. The first-order valence-corrected chi connectivity index (χ1v) is 14.4. The number of rotatable bonds is 7. The van der Waals surface area contributed by atoms with Crippen LogP contribution in [0.5, 0.6) is 0 Å². The summed E-state index contributed by atoms with van der Waals surface area (Å²) in [5.74, 6) is -0.537. The number of hydrogen-bond donors (Lipinski definition) is 2. The Hall–Kier alpha value is -4.34. The summed E-state index contributed by atoms with van der Waals surface area (Å²) in [6.45, 7) is 0.0313. The molecule has 0 unspecified atom stereocenters. The molecule has 1 aliphatic rings. The van der Waals surface area contributed by atoms with Gasteiger partial charge in [-0.2, -0.15) is 5.10 Å². The van der Waals surface area contributed by atoms with Crippen LogP contribution in [0.25, 0.3) is 10.9 Å². The van der Waals surface area contributed by atoms with E-state index in [0.717, 1.165) is 31.4 Å². The minimum atomic E-state index is -0.322. The van der Waals surface area contributed by atoms with Gasteiger partial charge < -0.3 is 9.88 Å². The van der Waals surface area contributed by atoms with Crippen molar-refractivity contribution in [3.05, 3.63) is 129 Å². The zero-order valence-corrected chi connectivity index (χ0v) is 23.6. The maximum absolute atomic E-state index is 13.6. The van der Waals surface area contributed by atoms with Gasteiger partial charge in [-0.05, 0) is 40.8 Å². The second kappa shape index (κ2) is 11.4. The summed E-state index contributed by atoms with van der Waals surface area (Å²) >= 11 is 5.10. The highest BCUT2D eigenvalue weighted by Gasteiger charge is 2.34. The van der Waals surface area contributed by atoms with E-state index in [1.807, 2.05) is 107 Å². The van der Waals surface area contributed by atoms with Crippen LogP contribution in [0.2, 0.25) is 0 Å². The predicted octanol–water partition coefficient (Wildman–Crippen LogP) is 6.02. The second-order valence-electron chi connectivity index (χ2n) is 9.34. The molecule has 0 saturated heterocycles. The Kier molecular flexibility index (Phi) is 7.39. The van der Waals surface area contributed by atoms with Crippen LogP contribution >= 0.6 is 27.3 Å². The lowest BCUT2D eigenvalue weighted by Gasteiger charge is -2.31. The molecule has 0 radical (unpaired) electrons. The van der Waals surface area contributed by atoms with E-state index in [9.17, 15) is 9.59 Å². The zero-order valence-electron chi connectivity index (χ0n) is 21.2. The quantitative estimate of drug-likeness (QED) is 0.175. The van der Waals surface area contributed by atoms with Gasteiger partial charge in [0.1, 0.15) is 18.3 Å². The minimum Gasteiger partial charge on any atom is -0.341 e. The lowest BCUT2D eigenvalue weighted by Crippen LogP contribution is -2.42. The molecule has 2 amide bonds. The molecule has 2 aromatic heterocycles. The number of aliphatic imine (C=N–C) groups is 1. The van der Waals surface area contributed by atoms with E-state index >= 15 is 0 Å². The molecule has 0 aliphatic carbocycles. The van der Waals surface area contributed by atoms with Crippen LogP contribution in [-0.2, 0) is 16.1 Å². The average molecular weight is 611 g/mol. The summed E-state index contributed by atoms with van der Waals surface area (Å²) < 4.78 is 2.69. The number of hydrazone groups is 1. The zero-order chi connectivity index (χ0) is 27.5. The fourth-order valence-electron chi connectivity index (χ4n) is 4.91. The third kappa shape index (κ3) is 5.38. The van der Waals surface area contributed by atoms with Gasteiger partial charge in [-0.1, -0.05) is 82.7 Å². The summed E-state index contributed by atoms with van der Waals surface area (Å²) in [6, 6.07) is 28.9. The Morgan fingerprint density at radius 1 is 1.02 bits per heavy atom. The molecular weight excluding hydrogens is 586 g/mol. The van der Waals surface area contributed by atoms with Crippen molar-refractivity contribution in [3.8, 4) is 0 Å². The highest BCUT2D eigenvalue weighted by Crippen LogP contribution is 2.37. The molecule has 2 atom stereocenters. The van der Waals surface area contributed by atoms with E-state index < -0.39 is 0 Å². The summed E-state index contributed by atoms with van der Waals surface area (Å²) in [6.07, 6.45) is 3.44. The smallest absolute Gasteiger partial charge is 0.270 e. The molecule has 7 nitrogen and oxygen atoms in total. The maximum Gasteiger partial charge on any atom is 0.270 e. The maximum atomic E-state index is 13.6. The number of carbonyl (C=O) groups excluding carboxylic acids is 2. The first-order valence-electron chi connectivity index (χ1n) is 12.7. The highest BCUT2D eigenvalue weighted by atomic mass is 79.9. The fourth-order valence-corrected chi connectivity index (χ4v) is 5.85. The van der Waals surface area contributed by atoms with Crippen LogP contribution in [0.1, 0.15) is 33.7 Å². The third-order valence-electron chi connectivity index (χ3n) is 6.72. The Morgan fingerprint density at radius 3 is 2.50 bits per heavy atom. The van der Waals surface area contributed by atoms with Crippen molar-refractivity contribution in [3.63, 3.8) is 0 Å². The van der Waals surface area contributed by atoms with Crippen molar-refractivity contribution in [2.24, 2.45) is 10.1 Å². The molecule has 0 spiro atoms. The lowest BCUT2D eigenvalue weighted by molar-refractivity contribution is -0.121. The van der Waals surface area contributed by atoms with Gasteiger partial charge in [0.25, 0.3) is 11.8 Å². The Morgan fingerprint density at radius 2 is 1.77 bits per heavy atom. The number of halogens is 1. The van der Waals surface area contributed by atoms with Crippen molar-refractivity contribution in [2.75, 3.05) is 0 Å². The van der Waals surface area contributed by atoms with Crippen LogP contribution in [0.3, 0.4) is 0 Å². The Bertz CT molecular complexity index is 1730. The largest absolute Gasteiger partial charge is 0.341 e. The number of carbonyl (C=O) groups is 2. The van der Waals surface area contributed by atoms with Crippen LogP contribution in [0.4, 0.5) is 0 Å². The molecule has 2 N–H and O–H groups in total. The number of fused-ring (bicyclic) bond motifs is 1. The van der Waals surface area contributed by atoms with Gasteiger partial charge in [-0.3, -0.25) is 14.6 Å². The van der Waals surface area contributed by atoms with Gasteiger partial charge >= 0.3 is 0 Å². The van der Waals surface area contributed by atoms with Crippen molar-refractivity contribution >= 4 is 61.9 Å². The van der Waals surface area contributed by atoms with Crippen molar-refractivity contribution < 1.29 is 9.59 Å². The number of aromatic nitrogens is 1. The Labute approximate surface area is 243 Å². The van der Waals surface area contributed by atoms with E-state index in [1.54, 1.807) is 6.21 Å². The first kappa shape index (κ1) is 25.9. The topological polar surface area (TPSA) is 87.8 Å². The number of thiophene rings is 1.